The van der Waals surface area contributed by atoms with Crippen molar-refractivity contribution in [3.63, 3.8) is 0 Å². The minimum atomic E-state index is -0.745. The standard InChI is InChI=1S/C14H21NO4/c1-8(2)4-10(15)13(16)9-5-11(17-3)14-12(6-9)18-7-19-14/h5-6,8,10,13,16H,4,7,15H2,1-3H3. The lowest BCUT2D eigenvalue weighted by Gasteiger charge is -2.21. The third-order valence-electron chi connectivity index (χ3n) is 3.17. The summed E-state index contributed by atoms with van der Waals surface area (Å²) in [7, 11) is 1.56. The molecule has 2 rings (SSSR count). The monoisotopic (exact) mass is 267 g/mol. The van der Waals surface area contributed by atoms with E-state index in [0.29, 0.717) is 28.7 Å². The van der Waals surface area contributed by atoms with Crippen LogP contribution in [0, 0.1) is 5.92 Å². The maximum atomic E-state index is 10.3. The molecule has 5 heteroatoms. The van der Waals surface area contributed by atoms with E-state index in [0.717, 1.165) is 6.42 Å². The fourth-order valence-electron chi connectivity index (χ4n) is 2.24. The van der Waals surface area contributed by atoms with Crippen molar-refractivity contribution >= 4 is 0 Å². The Morgan fingerprint density at radius 1 is 1.37 bits per heavy atom. The van der Waals surface area contributed by atoms with E-state index in [9.17, 15) is 5.11 Å². The molecule has 3 N–H and O–H groups in total. The molecular weight excluding hydrogens is 246 g/mol. The van der Waals surface area contributed by atoms with Crippen LogP contribution < -0.4 is 19.9 Å². The Labute approximate surface area is 113 Å². The molecule has 0 amide bonds. The number of methoxy groups -OCH3 is 1. The predicted octanol–water partition coefficient (Wildman–Crippen LogP) is 1.83. The van der Waals surface area contributed by atoms with Crippen molar-refractivity contribution in [2.75, 3.05) is 13.9 Å². The van der Waals surface area contributed by atoms with E-state index >= 15 is 0 Å². The van der Waals surface area contributed by atoms with Crippen molar-refractivity contribution in [3.05, 3.63) is 17.7 Å². The van der Waals surface area contributed by atoms with Crippen molar-refractivity contribution in [1.29, 1.82) is 0 Å². The molecule has 0 aromatic heterocycles. The van der Waals surface area contributed by atoms with Gasteiger partial charge in [-0.3, -0.25) is 0 Å². The van der Waals surface area contributed by atoms with Crippen LogP contribution in [-0.4, -0.2) is 25.1 Å². The second-order valence-electron chi connectivity index (χ2n) is 5.20. The van der Waals surface area contributed by atoms with Gasteiger partial charge in [0, 0.05) is 6.04 Å². The van der Waals surface area contributed by atoms with Gasteiger partial charge in [-0.15, -0.1) is 0 Å². The van der Waals surface area contributed by atoms with Crippen LogP contribution in [0.15, 0.2) is 12.1 Å². The summed E-state index contributed by atoms with van der Waals surface area (Å²) in [5.41, 5.74) is 6.71. The molecule has 19 heavy (non-hydrogen) atoms. The van der Waals surface area contributed by atoms with E-state index in [-0.39, 0.29) is 12.8 Å². The third-order valence-corrected chi connectivity index (χ3v) is 3.17. The van der Waals surface area contributed by atoms with Crippen molar-refractivity contribution < 1.29 is 19.3 Å². The summed E-state index contributed by atoms with van der Waals surface area (Å²) in [5, 5.41) is 10.3. The molecule has 1 aliphatic heterocycles. The van der Waals surface area contributed by atoms with Gasteiger partial charge in [-0.25, -0.2) is 0 Å². The van der Waals surface area contributed by atoms with E-state index in [1.807, 2.05) is 0 Å². The highest BCUT2D eigenvalue weighted by Crippen LogP contribution is 2.43. The molecular formula is C14H21NO4. The number of hydrogen-bond donors (Lipinski definition) is 2. The van der Waals surface area contributed by atoms with Crippen LogP contribution >= 0.6 is 0 Å². The van der Waals surface area contributed by atoms with Gasteiger partial charge in [0.15, 0.2) is 11.5 Å². The second-order valence-corrected chi connectivity index (χ2v) is 5.20. The smallest absolute Gasteiger partial charge is 0.231 e. The van der Waals surface area contributed by atoms with E-state index in [1.54, 1.807) is 19.2 Å². The first-order chi connectivity index (χ1) is 9.02. The van der Waals surface area contributed by atoms with Gasteiger partial charge in [0.2, 0.25) is 12.5 Å². The number of aliphatic hydroxyl groups excluding tert-OH is 1. The lowest BCUT2D eigenvalue weighted by atomic mass is 9.95. The van der Waals surface area contributed by atoms with Gasteiger partial charge in [0.05, 0.1) is 13.2 Å². The highest BCUT2D eigenvalue weighted by atomic mass is 16.7. The molecule has 0 saturated heterocycles. The highest BCUT2D eigenvalue weighted by molar-refractivity contribution is 5.55. The Balaban J connectivity index is 2.25. The molecule has 0 fully saturated rings. The minimum absolute atomic E-state index is 0.170. The maximum absolute atomic E-state index is 10.3. The SMILES string of the molecule is COc1cc(C(O)C(N)CC(C)C)cc2c1OCO2. The molecule has 0 radical (unpaired) electrons. The topological polar surface area (TPSA) is 73.9 Å². The maximum Gasteiger partial charge on any atom is 0.231 e. The zero-order valence-electron chi connectivity index (χ0n) is 11.6. The Kier molecular flexibility index (Phi) is 4.17. The number of aliphatic hydroxyl groups is 1. The van der Waals surface area contributed by atoms with E-state index in [4.69, 9.17) is 19.9 Å². The van der Waals surface area contributed by atoms with Gasteiger partial charge >= 0.3 is 0 Å². The molecule has 1 aromatic rings. The van der Waals surface area contributed by atoms with Crippen molar-refractivity contribution in [2.24, 2.45) is 11.7 Å². The van der Waals surface area contributed by atoms with Crippen LogP contribution in [0.4, 0.5) is 0 Å². The summed E-state index contributed by atoms with van der Waals surface area (Å²) in [6, 6.07) is 3.19. The number of benzene rings is 1. The molecule has 5 nitrogen and oxygen atoms in total. The van der Waals surface area contributed by atoms with Gasteiger partial charge in [-0.1, -0.05) is 13.8 Å². The molecule has 0 spiro atoms. The average Bonchev–Trinajstić information content (AvgIpc) is 2.83. The summed E-state index contributed by atoms with van der Waals surface area (Å²) in [6.07, 6.45) is 0.00331. The molecule has 1 aromatic carbocycles. The Morgan fingerprint density at radius 3 is 2.74 bits per heavy atom. The van der Waals surface area contributed by atoms with Crippen LogP contribution in [0.3, 0.4) is 0 Å². The molecule has 2 unspecified atom stereocenters. The van der Waals surface area contributed by atoms with Crippen molar-refractivity contribution in [3.8, 4) is 17.2 Å². The van der Waals surface area contributed by atoms with Gasteiger partial charge in [-0.2, -0.15) is 0 Å². The number of hydrogen-bond acceptors (Lipinski definition) is 5. The Morgan fingerprint density at radius 2 is 2.11 bits per heavy atom. The Hall–Kier alpha value is -1.46. The number of fused-ring (bicyclic) bond motifs is 1. The van der Waals surface area contributed by atoms with Gasteiger partial charge in [0.25, 0.3) is 0 Å². The Bertz CT molecular complexity index is 447. The molecule has 106 valence electrons. The summed E-state index contributed by atoms with van der Waals surface area (Å²) in [4.78, 5) is 0. The van der Waals surface area contributed by atoms with E-state index < -0.39 is 6.10 Å². The zero-order chi connectivity index (χ0) is 14.0. The van der Waals surface area contributed by atoms with Crippen LogP contribution in [0.2, 0.25) is 0 Å². The number of nitrogens with two attached hydrogens (primary N) is 1. The normalized spacial score (nSPS) is 16.5. The van der Waals surface area contributed by atoms with Gasteiger partial charge in [0.1, 0.15) is 0 Å². The van der Waals surface area contributed by atoms with Crippen LogP contribution in [0.5, 0.6) is 17.2 Å². The largest absolute Gasteiger partial charge is 0.493 e. The van der Waals surface area contributed by atoms with Crippen molar-refractivity contribution in [2.45, 2.75) is 32.4 Å². The summed E-state index contributed by atoms with van der Waals surface area (Å²) < 4.78 is 15.9. The van der Waals surface area contributed by atoms with Crippen LogP contribution in [0.1, 0.15) is 31.9 Å². The highest BCUT2D eigenvalue weighted by Gasteiger charge is 2.25. The fraction of sp³-hybridized carbons (Fsp3) is 0.571. The molecule has 2 atom stereocenters. The first-order valence-electron chi connectivity index (χ1n) is 6.44. The van der Waals surface area contributed by atoms with Crippen LogP contribution in [-0.2, 0) is 0 Å². The number of rotatable bonds is 5. The molecule has 0 aliphatic carbocycles. The molecule has 1 heterocycles. The third kappa shape index (κ3) is 2.93. The average molecular weight is 267 g/mol. The lowest BCUT2D eigenvalue weighted by Crippen LogP contribution is -2.29. The molecule has 1 aliphatic rings. The minimum Gasteiger partial charge on any atom is -0.493 e. The summed E-state index contributed by atoms with van der Waals surface area (Å²) >= 11 is 0. The van der Waals surface area contributed by atoms with Crippen molar-refractivity contribution in [1.82, 2.24) is 0 Å². The quantitative estimate of drug-likeness (QED) is 0.851. The van der Waals surface area contributed by atoms with Gasteiger partial charge < -0.3 is 25.1 Å². The fourth-order valence-corrected chi connectivity index (χ4v) is 2.24. The van der Waals surface area contributed by atoms with Gasteiger partial charge in [-0.05, 0) is 30.0 Å². The lowest BCUT2D eigenvalue weighted by molar-refractivity contribution is 0.135. The summed E-state index contributed by atoms with van der Waals surface area (Å²) in [5.74, 6) is 2.15. The predicted molar refractivity (Wildman–Crippen MR) is 71.5 cm³/mol. The number of ether oxygens (including phenoxy) is 3. The summed E-state index contributed by atoms with van der Waals surface area (Å²) in [6.45, 7) is 4.32. The second kappa shape index (κ2) is 5.67. The van der Waals surface area contributed by atoms with E-state index in [2.05, 4.69) is 13.8 Å². The molecule has 0 saturated carbocycles. The first kappa shape index (κ1) is 14.0. The first-order valence-corrected chi connectivity index (χ1v) is 6.44. The zero-order valence-corrected chi connectivity index (χ0v) is 11.6. The van der Waals surface area contributed by atoms with E-state index in [1.165, 1.54) is 0 Å². The molecule has 0 bridgehead atoms. The van der Waals surface area contributed by atoms with Crippen LogP contribution in [0.25, 0.3) is 0 Å².